The second kappa shape index (κ2) is 8.84. The number of carbonyl (C=O) groups excluding carboxylic acids is 1. The van der Waals surface area contributed by atoms with Crippen LogP contribution in [0.15, 0.2) is 67.4 Å². The van der Waals surface area contributed by atoms with Crippen molar-refractivity contribution < 1.29 is 9.18 Å². The number of halogens is 1. The summed E-state index contributed by atoms with van der Waals surface area (Å²) in [4.78, 5) is 33.1. The molecule has 0 fully saturated rings. The van der Waals surface area contributed by atoms with Gasteiger partial charge in [-0.3, -0.25) is 24.8 Å². The molecule has 1 aromatic carbocycles. The first-order valence-corrected chi connectivity index (χ1v) is 12.0. The Balaban J connectivity index is 1.44. The number of carbonyl (C=O) groups is 1. The van der Waals surface area contributed by atoms with E-state index in [1.807, 2.05) is 51.1 Å². The molecule has 0 aliphatic carbocycles. The summed E-state index contributed by atoms with van der Waals surface area (Å²) in [6, 6.07) is 11.3. The summed E-state index contributed by atoms with van der Waals surface area (Å²) in [7, 11) is 0. The fraction of sp³-hybridized carbons (Fsp3) is 0.143. The van der Waals surface area contributed by atoms with Gasteiger partial charge >= 0.3 is 0 Å². The van der Waals surface area contributed by atoms with E-state index in [2.05, 4.69) is 35.5 Å². The largest absolute Gasteiger partial charge is 0.337 e. The van der Waals surface area contributed by atoms with Gasteiger partial charge in [-0.05, 0) is 29.8 Å². The average molecular weight is 507 g/mol. The Kier molecular flexibility index (Phi) is 5.45. The van der Waals surface area contributed by atoms with Crippen LogP contribution in [0.3, 0.4) is 0 Å². The molecule has 0 bridgehead atoms. The maximum atomic E-state index is 16.0. The van der Waals surface area contributed by atoms with Crippen LogP contribution in [0.4, 0.5) is 10.1 Å². The van der Waals surface area contributed by atoms with Crippen LogP contribution in [-0.2, 0) is 4.79 Å². The minimum atomic E-state index is -0.589. The van der Waals surface area contributed by atoms with E-state index < -0.39 is 11.2 Å². The first-order valence-electron chi connectivity index (χ1n) is 12.0. The molecular formula is C28H23FN8O. The molecule has 0 radical (unpaired) electrons. The van der Waals surface area contributed by atoms with Crippen molar-refractivity contribution in [3.05, 3.63) is 73.2 Å². The van der Waals surface area contributed by atoms with Crippen molar-refractivity contribution in [2.75, 3.05) is 5.32 Å². The predicted octanol–water partition coefficient (Wildman–Crippen LogP) is 5.75. The van der Waals surface area contributed by atoms with E-state index in [9.17, 15) is 4.79 Å². The van der Waals surface area contributed by atoms with E-state index in [4.69, 9.17) is 4.98 Å². The number of aromatic nitrogens is 7. The maximum Gasteiger partial charge on any atom is 0.229 e. The maximum absolute atomic E-state index is 16.0. The Hall–Kier alpha value is -4.99. The standard InChI is InChI=1S/C28H23FN8O/c1-28(2,3)27(38)33-17-11-16(12-31-13-17)23-22(29)21-20(14-32-23)36-37-25(21)26-34-19-6-4-5-18(24(19)35-26)15-7-9-30-10-8-15/h4-14H,1-3H3,(H,33,38)(H,34,35)(H,36,37). The van der Waals surface area contributed by atoms with Gasteiger partial charge < -0.3 is 10.3 Å². The second-order valence-corrected chi connectivity index (χ2v) is 9.97. The lowest BCUT2D eigenvalue weighted by Gasteiger charge is -2.17. The monoisotopic (exact) mass is 506 g/mol. The number of hydrogen-bond acceptors (Lipinski definition) is 6. The number of nitrogens with zero attached hydrogens (tertiary/aromatic N) is 5. The zero-order chi connectivity index (χ0) is 26.4. The molecule has 9 nitrogen and oxygen atoms in total. The van der Waals surface area contributed by atoms with Crippen LogP contribution in [0, 0.1) is 11.2 Å². The summed E-state index contributed by atoms with van der Waals surface area (Å²) < 4.78 is 16.0. The molecule has 6 aromatic rings. The molecule has 1 amide bonds. The third kappa shape index (κ3) is 4.05. The third-order valence-corrected chi connectivity index (χ3v) is 6.22. The van der Waals surface area contributed by atoms with Gasteiger partial charge in [0.05, 0.1) is 40.0 Å². The molecule has 0 unspecified atom stereocenters. The molecular weight excluding hydrogens is 483 g/mol. The van der Waals surface area contributed by atoms with E-state index in [1.54, 1.807) is 18.5 Å². The first-order chi connectivity index (χ1) is 18.3. The number of para-hydroxylation sites is 1. The summed E-state index contributed by atoms with van der Waals surface area (Å²) in [5, 5.41) is 10.3. The van der Waals surface area contributed by atoms with Gasteiger partial charge in [0.25, 0.3) is 0 Å². The van der Waals surface area contributed by atoms with E-state index in [-0.39, 0.29) is 17.0 Å². The quantitative estimate of drug-likeness (QED) is 0.280. The number of aromatic amines is 2. The molecule has 0 saturated carbocycles. The lowest BCUT2D eigenvalue weighted by molar-refractivity contribution is -0.123. The predicted molar refractivity (Wildman–Crippen MR) is 143 cm³/mol. The number of hydrogen-bond donors (Lipinski definition) is 3. The van der Waals surface area contributed by atoms with E-state index in [1.165, 1.54) is 18.6 Å². The van der Waals surface area contributed by atoms with Crippen LogP contribution in [0.25, 0.3) is 55.8 Å². The zero-order valence-electron chi connectivity index (χ0n) is 20.9. The topological polar surface area (TPSA) is 125 Å². The fourth-order valence-electron chi connectivity index (χ4n) is 4.21. The minimum Gasteiger partial charge on any atom is -0.337 e. The molecule has 38 heavy (non-hydrogen) atoms. The van der Waals surface area contributed by atoms with E-state index in [0.29, 0.717) is 28.3 Å². The highest BCUT2D eigenvalue weighted by atomic mass is 19.1. The molecule has 3 N–H and O–H groups in total. The van der Waals surface area contributed by atoms with Gasteiger partial charge in [-0.2, -0.15) is 5.10 Å². The summed E-state index contributed by atoms with van der Waals surface area (Å²) in [5.74, 6) is -0.316. The van der Waals surface area contributed by atoms with Crippen molar-refractivity contribution in [1.82, 2.24) is 35.1 Å². The number of imidazole rings is 1. The normalized spacial score (nSPS) is 11.8. The van der Waals surface area contributed by atoms with Gasteiger partial charge in [0, 0.05) is 35.1 Å². The number of amides is 1. The van der Waals surface area contributed by atoms with Gasteiger partial charge in [0.2, 0.25) is 5.91 Å². The molecule has 0 spiro atoms. The van der Waals surface area contributed by atoms with Gasteiger partial charge in [0.15, 0.2) is 11.6 Å². The van der Waals surface area contributed by atoms with Crippen molar-refractivity contribution in [3.63, 3.8) is 0 Å². The molecule has 6 rings (SSSR count). The molecule has 5 heterocycles. The van der Waals surface area contributed by atoms with Crippen molar-refractivity contribution in [2.45, 2.75) is 20.8 Å². The van der Waals surface area contributed by atoms with Crippen LogP contribution < -0.4 is 5.32 Å². The number of pyridine rings is 3. The molecule has 10 heteroatoms. The number of anilines is 1. The average Bonchev–Trinajstić information content (AvgIpc) is 3.54. The summed E-state index contributed by atoms with van der Waals surface area (Å²) >= 11 is 0. The lowest BCUT2D eigenvalue weighted by Crippen LogP contribution is -2.27. The number of benzene rings is 1. The molecule has 0 aliphatic rings. The summed E-state index contributed by atoms with van der Waals surface area (Å²) in [6.07, 6.45) is 8.00. The fourth-order valence-corrected chi connectivity index (χ4v) is 4.21. The smallest absolute Gasteiger partial charge is 0.229 e. The number of H-pyrrole nitrogens is 2. The van der Waals surface area contributed by atoms with Crippen LogP contribution in [-0.4, -0.2) is 41.0 Å². The molecule has 0 atom stereocenters. The summed E-state index contributed by atoms with van der Waals surface area (Å²) in [5.41, 5.74) is 4.59. The summed E-state index contributed by atoms with van der Waals surface area (Å²) in [6.45, 7) is 5.44. The molecule has 188 valence electrons. The van der Waals surface area contributed by atoms with Crippen LogP contribution >= 0.6 is 0 Å². The van der Waals surface area contributed by atoms with Crippen molar-refractivity contribution >= 4 is 33.5 Å². The Morgan fingerprint density at radius 1 is 0.947 bits per heavy atom. The SMILES string of the molecule is CC(C)(C)C(=O)Nc1cncc(-c2ncc3[nH]nc(-c4nc5c(-c6ccncc6)cccc5[nH]4)c3c2F)c1. The second-order valence-electron chi connectivity index (χ2n) is 9.97. The zero-order valence-corrected chi connectivity index (χ0v) is 20.9. The Labute approximate surface area is 216 Å². The highest BCUT2D eigenvalue weighted by molar-refractivity contribution is 5.98. The third-order valence-electron chi connectivity index (χ3n) is 6.22. The van der Waals surface area contributed by atoms with Gasteiger partial charge in [-0.15, -0.1) is 0 Å². The van der Waals surface area contributed by atoms with Crippen LogP contribution in [0.2, 0.25) is 0 Å². The molecule has 5 aromatic heterocycles. The minimum absolute atomic E-state index is 0.0908. The highest BCUT2D eigenvalue weighted by Gasteiger charge is 2.23. The van der Waals surface area contributed by atoms with Gasteiger partial charge in [-0.25, -0.2) is 9.37 Å². The van der Waals surface area contributed by atoms with E-state index >= 15 is 4.39 Å². The Morgan fingerprint density at radius 2 is 1.76 bits per heavy atom. The van der Waals surface area contributed by atoms with Crippen molar-refractivity contribution in [2.24, 2.45) is 5.41 Å². The van der Waals surface area contributed by atoms with Crippen LogP contribution in [0.1, 0.15) is 20.8 Å². The molecule has 0 aliphatic heterocycles. The van der Waals surface area contributed by atoms with Gasteiger partial charge in [-0.1, -0.05) is 32.9 Å². The Morgan fingerprint density at radius 3 is 2.55 bits per heavy atom. The first kappa shape index (κ1) is 23.4. The number of fused-ring (bicyclic) bond motifs is 2. The lowest BCUT2D eigenvalue weighted by atomic mass is 9.95. The molecule has 0 saturated heterocycles. The van der Waals surface area contributed by atoms with Crippen LogP contribution in [0.5, 0.6) is 0 Å². The van der Waals surface area contributed by atoms with E-state index in [0.717, 1.165) is 22.2 Å². The number of nitrogens with one attached hydrogen (secondary N) is 3. The van der Waals surface area contributed by atoms with Crippen molar-refractivity contribution in [3.8, 4) is 33.9 Å². The number of rotatable bonds is 4. The Bertz CT molecular complexity index is 1820. The van der Waals surface area contributed by atoms with Crippen molar-refractivity contribution in [1.29, 1.82) is 0 Å². The highest BCUT2D eigenvalue weighted by Crippen LogP contribution is 2.34. The van der Waals surface area contributed by atoms with Gasteiger partial charge in [0.1, 0.15) is 11.4 Å².